The summed E-state index contributed by atoms with van der Waals surface area (Å²) in [4.78, 5) is 11.3. The minimum Gasteiger partial charge on any atom is -0.454 e. The minimum absolute atomic E-state index is 0.194. The summed E-state index contributed by atoms with van der Waals surface area (Å²) in [5.41, 5.74) is -0.495. The van der Waals surface area contributed by atoms with Gasteiger partial charge in [-0.15, -0.1) is 0 Å². The lowest BCUT2D eigenvalue weighted by atomic mass is 10.2. The number of carbonyl (C=O) groups is 1. The highest BCUT2D eigenvalue weighted by atomic mass is 16.6. The Hall–Kier alpha value is -1.25. The summed E-state index contributed by atoms with van der Waals surface area (Å²) in [6.45, 7) is 8.96. The highest BCUT2D eigenvalue weighted by Crippen LogP contribution is 2.13. The first-order chi connectivity index (χ1) is 5.88. The van der Waals surface area contributed by atoms with Gasteiger partial charge in [0.05, 0.1) is 0 Å². The van der Waals surface area contributed by atoms with Crippen molar-refractivity contribution in [1.82, 2.24) is 0 Å². The van der Waals surface area contributed by atoms with Gasteiger partial charge in [-0.3, -0.25) is 0 Å². The first-order valence-corrected chi connectivity index (χ1v) is 4.03. The zero-order chi connectivity index (χ0) is 10.1. The van der Waals surface area contributed by atoms with E-state index in [2.05, 4.69) is 6.92 Å². The van der Waals surface area contributed by atoms with Crippen molar-refractivity contribution >= 4 is 5.97 Å². The average Bonchev–Trinajstić information content (AvgIpc) is 2.31. The van der Waals surface area contributed by atoms with Crippen LogP contribution in [-0.4, -0.2) is 11.6 Å². The molecule has 3 heteroatoms. The smallest absolute Gasteiger partial charge is 0.374 e. The third kappa shape index (κ3) is 2.93. The Morgan fingerprint density at radius 1 is 1.46 bits per heavy atom. The van der Waals surface area contributed by atoms with E-state index in [4.69, 9.17) is 9.15 Å². The van der Waals surface area contributed by atoms with Gasteiger partial charge in [-0.25, -0.2) is 4.79 Å². The second kappa shape index (κ2) is 3.24. The fourth-order valence-electron chi connectivity index (χ4n) is 0.816. The molecule has 0 spiro atoms. The summed E-state index contributed by atoms with van der Waals surface area (Å²) in [5.74, 6) is 0.197. The predicted molar refractivity (Wildman–Crippen MR) is 48.3 cm³/mol. The normalized spacial score (nSPS) is 11.4. The summed E-state index contributed by atoms with van der Waals surface area (Å²) >= 11 is 0. The molecule has 0 bridgehead atoms. The third-order valence-corrected chi connectivity index (χ3v) is 1.26. The molecule has 0 aliphatic rings. The number of rotatable bonds is 1. The summed E-state index contributed by atoms with van der Waals surface area (Å²) in [6, 6.07) is 3.18. The monoisotopic (exact) mass is 181 g/mol. The molecule has 0 aliphatic heterocycles. The second-order valence-corrected chi connectivity index (χ2v) is 3.77. The maximum atomic E-state index is 11.3. The Labute approximate surface area is 77.7 Å². The van der Waals surface area contributed by atoms with Crippen molar-refractivity contribution < 1.29 is 13.9 Å². The summed E-state index contributed by atoms with van der Waals surface area (Å²) in [7, 11) is 0. The highest BCUT2D eigenvalue weighted by molar-refractivity contribution is 5.86. The predicted octanol–water partition coefficient (Wildman–Crippen LogP) is 2.42. The van der Waals surface area contributed by atoms with E-state index in [1.165, 1.54) is 0 Å². The molecule has 0 saturated carbocycles. The molecule has 3 nitrogen and oxygen atoms in total. The van der Waals surface area contributed by atoms with Crippen LogP contribution < -0.4 is 0 Å². The molecule has 13 heavy (non-hydrogen) atoms. The lowest BCUT2D eigenvalue weighted by molar-refractivity contribution is 0.00353. The maximum Gasteiger partial charge on any atom is 0.374 e. The number of furan rings is 1. The standard InChI is InChI=1S/C10H13O3/c1-7-5-6-8(12-7)9(11)13-10(2,3)4/h5-6H,1H2,2-4H3. The van der Waals surface area contributed by atoms with Gasteiger partial charge in [0.1, 0.15) is 11.4 Å². The van der Waals surface area contributed by atoms with Crippen molar-refractivity contribution in [3.05, 3.63) is 30.6 Å². The molecule has 0 unspecified atom stereocenters. The van der Waals surface area contributed by atoms with Gasteiger partial charge in [0.2, 0.25) is 5.76 Å². The molecule has 1 heterocycles. The van der Waals surface area contributed by atoms with Crippen LogP contribution in [0.1, 0.15) is 37.1 Å². The van der Waals surface area contributed by atoms with Gasteiger partial charge in [-0.2, -0.15) is 0 Å². The molecule has 0 amide bonds. The van der Waals surface area contributed by atoms with Crippen LogP contribution in [0.4, 0.5) is 0 Å². The average molecular weight is 181 g/mol. The zero-order valence-corrected chi connectivity index (χ0v) is 8.09. The molecule has 0 N–H and O–H groups in total. The van der Waals surface area contributed by atoms with E-state index in [1.807, 2.05) is 0 Å². The summed E-state index contributed by atoms with van der Waals surface area (Å²) < 4.78 is 10.1. The van der Waals surface area contributed by atoms with Crippen molar-refractivity contribution in [2.24, 2.45) is 0 Å². The lowest BCUT2D eigenvalue weighted by Gasteiger charge is -2.18. The summed E-state index contributed by atoms with van der Waals surface area (Å²) in [6.07, 6.45) is 0. The number of ether oxygens (including phenoxy) is 1. The van der Waals surface area contributed by atoms with Gasteiger partial charge >= 0.3 is 5.97 Å². The Morgan fingerprint density at radius 3 is 2.46 bits per heavy atom. The Kier molecular flexibility index (Phi) is 2.45. The van der Waals surface area contributed by atoms with Crippen LogP contribution in [0.3, 0.4) is 0 Å². The fourth-order valence-corrected chi connectivity index (χ4v) is 0.816. The molecule has 1 aromatic rings. The molecule has 0 saturated heterocycles. The topological polar surface area (TPSA) is 39.4 Å². The van der Waals surface area contributed by atoms with Crippen LogP contribution in [0.15, 0.2) is 16.5 Å². The molecule has 1 rings (SSSR count). The molecular formula is C10H13O3. The van der Waals surface area contributed by atoms with Crippen molar-refractivity contribution in [1.29, 1.82) is 0 Å². The summed E-state index contributed by atoms with van der Waals surface area (Å²) in [5, 5.41) is 0. The number of carbonyl (C=O) groups excluding carboxylic acids is 1. The Bertz CT molecular complexity index is 304. The molecule has 1 radical (unpaired) electrons. The van der Waals surface area contributed by atoms with Crippen molar-refractivity contribution in [2.45, 2.75) is 26.4 Å². The molecule has 71 valence electrons. The largest absolute Gasteiger partial charge is 0.454 e. The van der Waals surface area contributed by atoms with Crippen LogP contribution >= 0.6 is 0 Å². The first kappa shape index (κ1) is 9.84. The number of hydrogen-bond donors (Lipinski definition) is 0. The van der Waals surface area contributed by atoms with Crippen molar-refractivity contribution in [2.75, 3.05) is 0 Å². The van der Waals surface area contributed by atoms with Crippen LogP contribution in [0.25, 0.3) is 0 Å². The zero-order valence-electron chi connectivity index (χ0n) is 8.09. The molecule has 0 atom stereocenters. The quantitative estimate of drug-likeness (QED) is 0.624. The van der Waals surface area contributed by atoms with Gasteiger partial charge in [0, 0.05) is 6.92 Å². The van der Waals surface area contributed by atoms with Gasteiger partial charge < -0.3 is 9.15 Å². The van der Waals surface area contributed by atoms with E-state index in [9.17, 15) is 4.79 Å². The Morgan fingerprint density at radius 2 is 2.08 bits per heavy atom. The molecule has 0 aromatic carbocycles. The van der Waals surface area contributed by atoms with E-state index >= 15 is 0 Å². The van der Waals surface area contributed by atoms with Crippen LogP contribution in [0, 0.1) is 6.92 Å². The lowest BCUT2D eigenvalue weighted by Crippen LogP contribution is -2.23. The fraction of sp³-hybridized carbons (Fsp3) is 0.400. The van der Waals surface area contributed by atoms with Crippen LogP contribution in [0.5, 0.6) is 0 Å². The maximum absolute atomic E-state index is 11.3. The van der Waals surface area contributed by atoms with Gasteiger partial charge in [0.15, 0.2) is 0 Å². The third-order valence-electron chi connectivity index (χ3n) is 1.26. The van der Waals surface area contributed by atoms with Gasteiger partial charge in [-0.05, 0) is 32.9 Å². The van der Waals surface area contributed by atoms with Gasteiger partial charge in [-0.1, -0.05) is 0 Å². The van der Waals surface area contributed by atoms with E-state index in [1.54, 1.807) is 32.9 Å². The van der Waals surface area contributed by atoms with E-state index in [-0.39, 0.29) is 5.76 Å². The number of esters is 1. The van der Waals surface area contributed by atoms with Crippen LogP contribution in [-0.2, 0) is 4.74 Å². The molecule has 1 aromatic heterocycles. The van der Waals surface area contributed by atoms with E-state index < -0.39 is 11.6 Å². The molecular weight excluding hydrogens is 168 g/mol. The molecule has 0 fully saturated rings. The SMILES string of the molecule is [CH2]c1ccc(C(=O)OC(C)(C)C)o1. The minimum atomic E-state index is -0.495. The van der Waals surface area contributed by atoms with E-state index in [0.29, 0.717) is 5.76 Å². The van der Waals surface area contributed by atoms with Crippen LogP contribution in [0.2, 0.25) is 0 Å². The van der Waals surface area contributed by atoms with Gasteiger partial charge in [0.25, 0.3) is 0 Å². The number of hydrogen-bond acceptors (Lipinski definition) is 3. The van der Waals surface area contributed by atoms with Crippen molar-refractivity contribution in [3.63, 3.8) is 0 Å². The van der Waals surface area contributed by atoms with Crippen molar-refractivity contribution in [3.8, 4) is 0 Å². The first-order valence-electron chi connectivity index (χ1n) is 4.03. The highest BCUT2D eigenvalue weighted by Gasteiger charge is 2.19. The second-order valence-electron chi connectivity index (χ2n) is 3.77. The van der Waals surface area contributed by atoms with E-state index in [0.717, 1.165) is 0 Å². The Balaban J connectivity index is 2.70. The molecule has 0 aliphatic carbocycles.